The van der Waals surface area contributed by atoms with Gasteiger partial charge in [-0.15, -0.1) is 0 Å². The van der Waals surface area contributed by atoms with E-state index >= 15 is 0 Å². The summed E-state index contributed by atoms with van der Waals surface area (Å²) in [5.41, 5.74) is 4.87. The molecule has 0 bridgehead atoms. The maximum absolute atomic E-state index is 2.35. The minimum Gasteiger partial charge on any atom is -0.327 e. The van der Waals surface area contributed by atoms with Crippen LogP contribution in [-0.4, -0.2) is 6.67 Å². The van der Waals surface area contributed by atoms with Gasteiger partial charge in [-0.2, -0.15) is 0 Å². The summed E-state index contributed by atoms with van der Waals surface area (Å²) in [6.07, 6.45) is 2.23. The van der Waals surface area contributed by atoms with Crippen LogP contribution in [0.5, 0.6) is 0 Å². The quantitative estimate of drug-likeness (QED) is 0.673. The van der Waals surface area contributed by atoms with Crippen LogP contribution in [0.2, 0.25) is 0 Å². The van der Waals surface area contributed by atoms with Crippen LogP contribution in [0, 0.1) is 0 Å². The minimum absolute atomic E-state index is 0.818. The summed E-state index contributed by atoms with van der Waals surface area (Å²) in [4.78, 5) is 4.64. The third kappa shape index (κ3) is 2.71. The van der Waals surface area contributed by atoms with Gasteiger partial charge in [0.15, 0.2) is 0 Å². The van der Waals surface area contributed by atoms with Crippen LogP contribution in [0.4, 0.5) is 11.4 Å². The lowest BCUT2D eigenvalue weighted by atomic mass is 10.1. The SMILES string of the molecule is C1=C(c2ccccc2)N(c2ccccc2)CN1c1ccccc1. The van der Waals surface area contributed by atoms with Gasteiger partial charge < -0.3 is 9.80 Å². The van der Waals surface area contributed by atoms with E-state index in [0.717, 1.165) is 6.67 Å². The summed E-state index contributed by atoms with van der Waals surface area (Å²) >= 11 is 0. The second-order valence-electron chi connectivity index (χ2n) is 5.59. The van der Waals surface area contributed by atoms with E-state index in [1.54, 1.807) is 0 Å². The topological polar surface area (TPSA) is 6.48 Å². The molecule has 0 unspecified atom stereocenters. The van der Waals surface area contributed by atoms with Crippen LogP contribution >= 0.6 is 0 Å². The summed E-state index contributed by atoms with van der Waals surface area (Å²) < 4.78 is 0. The first-order valence-corrected chi connectivity index (χ1v) is 7.83. The molecule has 0 spiro atoms. The zero-order valence-electron chi connectivity index (χ0n) is 12.8. The molecule has 1 heterocycles. The number of nitrogens with zero attached hydrogens (tertiary/aromatic N) is 2. The standard InChI is InChI=1S/C21H18N2/c1-4-10-18(11-5-1)21-16-22(19-12-6-2-7-13-19)17-23(21)20-14-8-3-9-15-20/h1-16H,17H2. The number of benzene rings is 3. The van der Waals surface area contributed by atoms with Gasteiger partial charge in [0.25, 0.3) is 0 Å². The lowest BCUT2D eigenvalue weighted by Gasteiger charge is -2.24. The minimum atomic E-state index is 0.818. The van der Waals surface area contributed by atoms with Gasteiger partial charge in [0.1, 0.15) is 0 Å². The summed E-state index contributed by atoms with van der Waals surface area (Å²) in [6, 6.07) is 31.6. The van der Waals surface area contributed by atoms with Gasteiger partial charge in [-0.25, -0.2) is 0 Å². The third-order valence-corrected chi connectivity index (χ3v) is 4.09. The van der Waals surface area contributed by atoms with Crippen LogP contribution < -0.4 is 9.80 Å². The molecule has 112 valence electrons. The molecule has 3 aromatic rings. The molecule has 0 aliphatic carbocycles. The highest BCUT2D eigenvalue weighted by Gasteiger charge is 2.24. The van der Waals surface area contributed by atoms with E-state index in [0.29, 0.717) is 0 Å². The van der Waals surface area contributed by atoms with Gasteiger partial charge in [-0.1, -0.05) is 66.7 Å². The Balaban J connectivity index is 1.76. The predicted octanol–water partition coefficient (Wildman–Crippen LogP) is 4.97. The predicted molar refractivity (Wildman–Crippen MR) is 97.1 cm³/mol. The van der Waals surface area contributed by atoms with Gasteiger partial charge in [-0.05, 0) is 29.8 Å². The molecular formula is C21H18N2. The van der Waals surface area contributed by atoms with Crippen LogP contribution in [0.25, 0.3) is 5.70 Å². The molecule has 0 N–H and O–H groups in total. The van der Waals surface area contributed by atoms with Crippen molar-refractivity contribution in [2.45, 2.75) is 0 Å². The Morgan fingerprint density at radius 1 is 0.565 bits per heavy atom. The van der Waals surface area contributed by atoms with Gasteiger partial charge >= 0.3 is 0 Å². The summed E-state index contributed by atoms with van der Waals surface area (Å²) in [6.45, 7) is 0.818. The van der Waals surface area contributed by atoms with Crippen molar-refractivity contribution in [3.8, 4) is 0 Å². The first kappa shape index (κ1) is 13.6. The summed E-state index contributed by atoms with van der Waals surface area (Å²) in [5, 5.41) is 0. The Bertz CT molecular complexity index is 795. The van der Waals surface area contributed by atoms with Crippen LogP contribution in [0.3, 0.4) is 0 Å². The van der Waals surface area contributed by atoms with Crippen molar-refractivity contribution in [3.63, 3.8) is 0 Å². The highest BCUT2D eigenvalue weighted by molar-refractivity contribution is 5.84. The molecule has 2 nitrogen and oxygen atoms in total. The molecule has 0 saturated carbocycles. The van der Waals surface area contributed by atoms with Crippen molar-refractivity contribution >= 4 is 17.1 Å². The smallest absolute Gasteiger partial charge is 0.0995 e. The monoisotopic (exact) mass is 298 g/mol. The molecule has 0 amide bonds. The Morgan fingerprint density at radius 3 is 1.70 bits per heavy atom. The molecule has 0 aromatic heterocycles. The Hall–Kier alpha value is -3.00. The van der Waals surface area contributed by atoms with Crippen molar-refractivity contribution < 1.29 is 0 Å². The van der Waals surface area contributed by atoms with E-state index in [2.05, 4.69) is 107 Å². The highest BCUT2D eigenvalue weighted by atomic mass is 15.4. The molecule has 1 aliphatic heterocycles. The van der Waals surface area contributed by atoms with Gasteiger partial charge in [0.05, 0.1) is 12.4 Å². The molecule has 0 radical (unpaired) electrons. The average Bonchev–Trinajstić information content (AvgIpc) is 3.09. The number of anilines is 2. The van der Waals surface area contributed by atoms with Crippen molar-refractivity contribution in [2.24, 2.45) is 0 Å². The van der Waals surface area contributed by atoms with Gasteiger partial charge in [0, 0.05) is 17.6 Å². The van der Waals surface area contributed by atoms with E-state index in [1.807, 2.05) is 0 Å². The molecular weight excluding hydrogens is 280 g/mol. The Labute approximate surface area is 136 Å². The van der Waals surface area contributed by atoms with Crippen LogP contribution in [0.15, 0.2) is 97.2 Å². The van der Waals surface area contributed by atoms with Crippen LogP contribution in [0.1, 0.15) is 5.56 Å². The lowest BCUT2D eigenvalue weighted by Crippen LogP contribution is -2.26. The van der Waals surface area contributed by atoms with Crippen molar-refractivity contribution in [3.05, 3.63) is 103 Å². The molecule has 2 heteroatoms. The second-order valence-corrected chi connectivity index (χ2v) is 5.59. The van der Waals surface area contributed by atoms with Gasteiger partial charge in [0.2, 0.25) is 0 Å². The van der Waals surface area contributed by atoms with E-state index in [9.17, 15) is 0 Å². The first-order chi connectivity index (χ1) is 11.4. The fourth-order valence-electron chi connectivity index (χ4n) is 2.93. The molecule has 0 fully saturated rings. The zero-order valence-corrected chi connectivity index (χ0v) is 12.8. The highest BCUT2D eigenvalue weighted by Crippen LogP contribution is 2.33. The maximum atomic E-state index is 2.35. The molecule has 23 heavy (non-hydrogen) atoms. The Morgan fingerprint density at radius 2 is 1.09 bits per heavy atom. The largest absolute Gasteiger partial charge is 0.327 e. The fourth-order valence-corrected chi connectivity index (χ4v) is 2.93. The zero-order chi connectivity index (χ0) is 15.5. The number of hydrogen-bond donors (Lipinski definition) is 0. The molecule has 3 aromatic carbocycles. The van der Waals surface area contributed by atoms with E-state index in [4.69, 9.17) is 0 Å². The lowest BCUT2D eigenvalue weighted by molar-refractivity contribution is 0.981. The van der Waals surface area contributed by atoms with Gasteiger partial charge in [-0.3, -0.25) is 0 Å². The molecule has 1 aliphatic rings. The third-order valence-electron chi connectivity index (χ3n) is 4.09. The molecule has 0 atom stereocenters. The second kappa shape index (κ2) is 6.01. The maximum Gasteiger partial charge on any atom is 0.0995 e. The Kier molecular flexibility index (Phi) is 3.57. The number of rotatable bonds is 3. The van der Waals surface area contributed by atoms with E-state index < -0.39 is 0 Å². The number of para-hydroxylation sites is 2. The first-order valence-electron chi connectivity index (χ1n) is 7.83. The van der Waals surface area contributed by atoms with E-state index in [1.165, 1.54) is 22.6 Å². The van der Waals surface area contributed by atoms with Crippen LogP contribution in [-0.2, 0) is 0 Å². The molecule has 0 saturated heterocycles. The fraction of sp³-hybridized carbons (Fsp3) is 0.0476. The van der Waals surface area contributed by atoms with Crippen molar-refractivity contribution in [2.75, 3.05) is 16.5 Å². The molecule has 4 rings (SSSR count). The summed E-state index contributed by atoms with van der Waals surface area (Å²) in [7, 11) is 0. The van der Waals surface area contributed by atoms with Crippen molar-refractivity contribution in [1.82, 2.24) is 0 Å². The average molecular weight is 298 g/mol. The van der Waals surface area contributed by atoms with E-state index in [-0.39, 0.29) is 0 Å². The summed E-state index contributed by atoms with van der Waals surface area (Å²) in [5.74, 6) is 0. The normalized spacial score (nSPS) is 14.0. The van der Waals surface area contributed by atoms with Crippen molar-refractivity contribution in [1.29, 1.82) is 0 Å². The number of hydrogen-bond acceptors (Lipinski definition) is 2.